The molecule has 78 valence electrons. The van der Waals surface area contributed by atoms with Gasteiger partial charge in [0.25, 0.3) is 0 Å². The highest BCUT2D eigenvalue weighted by atomic mass is 19.1. The van der Waals surface area contributed by atoms with Crippen LogP contribution in [0.25, 0.3) is 0 Å². The van der Waals surface area contributed by atoms with Crippen LogP contribution in [0.2, 0.25) is 0 Å². The van der Waals surface area contributed by atoms with Crippen molar-refractivity contribution >= 4 is 6.21 Å². The third-order valence-electron chi connectivity index (χ3n) is 2.86. The van der Waals surface area contributed by atoms with Gasteiger partial charge in [0, 0.05) is 17.8 Å². The van der Waals surface area contributed by atoms with Crippen LogP contribution in [0.1, 0.15) is 27.7 Å². The number of alkyl halides is 1. The Bertz CT molecular complexity index is 287. The minimum atomic E-state index is -1.43. The first-order valence-electron chi connectivity index (χ1n) is 4.97. The van der Waals surface area contributed by atoms with E-state index in [4.69, 9.17) is 0 Å². The first-order valence-corrected chi connectivity index (χ1v) is 4.97. The van der Waals surface area contributed by atoms with E-state index in [-0.39, 0.29) is 5.41 Å². The fourth-order valence-corrected chi connectivity index (χ4v) is 1.22. The summed E-state index contributed by atoms with van der Waals surface area (Å²) in [5.74, 6) is 0.430. The van der Waals surface area contributed by atoms with Crippen LogP contribution in [0, 0.1) is 11.3 Å². The first-order chi connectivity index (χ1) is 6.36. The maximum atomic E-state index is 13.6. The van der Waals surface area contributed by atoms with E-state index in [0.717, 1.165) is 0 Å². The van der Waals surface area contributed by atoms with Crippen molar-refractivity contribution in [2.75, 3.05) is 0 Å². The third-order valence-corrected chi connectivity index (χ3v) is 2.86. The van der Waals surface area contributed by atoms with Crippen LogP contribution in [0.5, 0.6) is 0 Å². The van der Waals surface area contributed by atoms with Crippen molar-refractivity contribution in [3.63, 3.8) is 0 Å². The molecule has 0 aromatic heterocycles. The zero-order valence-electron chi connectivity index (χ0n) is 9.29. The lowest BCUT2D eigenvalue weighted by molar-refractivity contribution is 0.343. The van der Waals surface area contributed by atoms with Crippen molar-refractivity contribution in [1.29, 1.82) is 0 Å². The van der Waals surface area contributed by atoms with Crippen molar-refractivity contribution in [3.05, 3.63) is 24.4 Å². The van der Waals surface area contributed by atoms with Gasteiger partial charge in [-0.1, -0.05) is 32.9 Å². The summed E-state index contributed by atoms with van der Waals surface area (Å²) >= 11 is 0. The van der Waals surface area contributed by atoms with Gasteiger partial charge in [-0.25, -0.2) is 4.39 Å². The largest absolute Gasteiger partial charge is 0.266 e. The topological polar surface area (TPSA) is 12.4 Å². The number of aliphatic imine (C=N–C) groups is 1. The zero-order valence-corrected chi connectivity index (χ0v) is 9.29. The lowest BCUT2D eigenvalue weighted by atomic mass is 9.78. The molecule has 0 aromatic rings. The van der Waals surface area contributed by atoms with Crippen LogP contribution in [-0.4, -0.2) is 11.9 Å². The molecule has 0 aromatic carbocycles. The molecule has 1 heterocycles. The minimum absolute atomic E-state index is 0.106. The number of allylic oxidation sites excluding steroid dienone is 3. The Balaban J connectivity index is 3.04. The van der Waals surface area contributed by atoms with Crippen molar-refractivity contribution in [1.82, 2.24) is 0 Å². The highest BCUT2D eigenvalue weighted by molar-refractivity contribution is 5.71. The molecule has 1 rings (SSSR count). The summed E-state index contributed by atoms with van der Waals surface area (Å²) in [6.07, 6.45) is 8.53. The molecule has 0 N–H and O–H groups in total. The molecule has 0 radical (unpaired) electrons. The van der Waals surface area contributed by atoms with Gasteiger partial charge in [0.15, 0.2) is 5.67 Å². The summed E-state index contributed by atoms with van der Waals surface area (Å²) in [5.41, 5.74) is -1.54. The predicted octanol–water partition coefficient (Wildman–Crippen LogP) is 3.53. The van der Waals surface area contributed by atoms with Gasteiger partial charge in [-0.15, -0.1) is 0 Å². The average molecular weight is 195 g/mol. The fraction of sp³-hybridized carbons (Fsp3) is 0.583. The van der Waals surface area contributed by atoms with Gasteiger partial charge in [-0.3, -0.25) is 4.99 Å². The molecule has 0 spiro atoms. The maximum absolute atomic E-state index is 13.6. The number of hydrogen-bond acceptors (Lipinski definition) is 1. The summed E-state index contributed by atoms with van der Waals surface area (Å²) in [7, 11) is 0. The van der Waals surface area contributed by atoms with Crippen molar-refractivity contribution in [2.24, 2.45) is 16.3 Å². The molecule has 2 unspecified atom stereocenters. The molecule has 0 aliphatic carbocycles. The Morgan fingerprint density at radius 1 is 1.14 bits per heavy atom. The minimum Gasteiger partial charge on any atom is -0.266 e. The molecule has 2 heteroatoms. The molecule has 0 amide bonds. The summed E-state index contributed by atoms with van der Waals surface area (Å²) in [6.45, 7) is 7.83. The van der Waals surface area contributed by atoms with Gasteiger partial charge in [-0.05, 0) is 18.9 Å². The molecule has 14 heavy (non-hydrogen) atoms. The molecule has 1 nitrogen and oxygen atoms in total. The molecule has 1 aliphatic heterocycles. The number of rotatable bonds is 1. The van der Waals surface area contributed by atoms with E-state index in [2.05, 4.69) is 25.8 Å². The Hall–Kier alpha value is -0.920. The van der Waals surface area contributed by atoms with Gasteiger partial charge in [0.2, 0.25) is 0 Å². The second kappa shape index (κ2) is 3.68. The molecular weight excluding hydrogens is 177 g/mol. The van der Waals surface area contributed by atoms with Crippen LogP contribution in [0.15, 0.2) is 29.4 Å². The summed E-state index contributed by atoms with van der Waals surface area (Å²) in [4.78, 5) is 3.93. The molecule has 0 saturated carbocycles. The van der Waals surface area contributed by atoms with Crippen LogP contribution in [0.3, 0.4) is 0 Å². The van der Waals surface area contributed by atoms with E-state index in [1.807, 2.05) is 12.2 Å². The molecule has 0 fully saturated rings. The van der Waals surface area contributed by atoms with Gasteiger partial charge in [-0.2, -0.15) is 0 Å². The van der Waals surface area contributed by atoms with Crippen LogP contribution < -0.4 is 0 Å². The SMILES string of the molecule is CC(C)C1(C)/C=C\N=C/C(C)(F)/C=C\1. The Labute approximate surface area is 85.4 Å². The zero-order chi connectivity index (χ0) is 10.8. The van der Waals surface area contributed by atoms with E-state index >= 15 is 0 Å². The average Bonchev–Trinajstić information content (AvgIpc) is 2.07. The second-order valence-electron chi connectivity index (χ2n) is 4.60. The van der Waals surface area contributed by atoms with E-state index in [0.29, 0.717) is 5.92 Å². The molecule has 0 bridgehead atoms. The van der Waals surface area contributed by atoms with Gasteiger partial charge >= 0.3 is 0 Å². The number of nitrogens with zero attached hydrogens (tertiary/aromatic N) is 1. The summed E-state index contributed by atoms with van der Waals surface area (Å²) in [6, 6.07) is 0. The van der Waals surface area contributed by atoms with Crippen LogP contribution in [0.4, 0.5) is 4.39 Å². The van der Waals surface area contributed by atoms with Crippen molar-refractivity contribution in [2.45, 2.75) is 33.4 Å². The fourth-order valence-electron chi connectivity index (χ4n) is 1.22. The second-order valence-corrected chi connectivity index (χ2v) is 4.60. The lowest BCUT2D eigenvalue weighted by Gasteiger charge is -2.28. The standard InChI is InChI=1S/C12H18FN/c1-10(2)11(3)5-6-12(4,13)9-14-8-7-11/h5-10H,1-4H3/b6-5-,8-7-,14-9-. The predicted molar refractivity (Wildman–Crippen MR) is 59.2 cm³/mol. The Morgan fingerprint density at radius 2 is 1.79 bits per heavy atom. The van der Waals surface area contributed by atoms with Gasteiger partial charge < -0.3 is 0 Å². The van der Waals surface area contributed by atoms with E-state index in [1.54, 1.807) is 12.3 Å². The molecular formula is C12H18FN. The smallest absolute Gasteiger partial charge is 0.161 e. The maximum Gasteiger partial charge on any atom is 0.161 e. The normalized spacial score (nSPS) is 44.1. The highest BCUT2D eigenvalue weighted by Gasteiger charge is 2.25. The number of halogens is 1. The summed E-state index contributed by atoms with van der Waals surface area (Å²) < 4.78 is 13.6. The van der Waals surface area contributed by atoms with Gasteiger partial charge in [0.1, 0.15) is 0 Å². The van der Waals surface area contributed by atoms with E-state index in [1.165, 1.54) is 13.1 Å². The van der Waals surface area contributed by atoms with Crippen molar-refractivity contribution in [3.8, 4) is 0 Å². The van der Waals surface area contributed by atoms with Crippen LogP contribution in [-0.2, 0) is 0 Å². The summed E-state index contributed by atoms with van der Waals surface area (Å²) in [5, 5.41) is 0. The van der Waals surface area contributed by atoms with Gasteiger partial charge in [0.05, 0.1) is 0 Å². The molecule has 0 saturated heterocycles. The van der Waals surface area contributed by atoms with Crippen LogP contribution >= 0.6 is 0 Å². The van der Waals surface area contributed by atoms with E-state index in [9.17, 15) is 4.39 Å². The molecule has 2 atom stereocenters. The Kier molecular flexibility index (Phi) is 2.93. The number of hydrogen-bond donors (Lipinski definition) is 0. The highest BCUT2D eigenvalue weighted by Crippen LogP contribution is 2.32. The quantitative estimate of drug-likeness (QED) is 0.567. The third kappa shape index (κ3) is 2.53. The molecule has 1 aliphatic rings. The lowest BCUT2D eigenvalue weighted by Crippen LogP contribution is -2.23. The first kappa shape index (κ1) is 11.2. The van der Waals surface area contributed by atoms with Crippen molar-refractivity contribution < 1.29 is 4.39 Å². The monoisotopic (exact) mass is 195 g/mol. The van der Waals surface area contributed by atoms with E-state index < -0.39 is 5.67 Å². The Morgan fingerprint density at radius 3 is 2.36 bits per heavy atom.